The zero-order valence-electron chi connectivity index (χ0n) is 22.7. The van der Waals surface area contributed by atoms with Gasteiger partial charge >= 0.3 is 0 Å². The first-order valence-corrected chi connectivity index (χ1v) is 14.4. The van der Waals surface area contributed by atoms with E-state index in [9.17, 15) is 14.3 Å². The fourth-order valence-electron chi connectivity index (χ4n) is 8.34. The van der Waals surface area contributed by atoms with Crippen molar-refractivity contribution in [1.82, 2.24) is 9.97 Å². The van der Waals surface area contributed by atoms with E-state index in [-0.39, 0.29) is 35.1 Å². The molecule has 3 saturated carbocycles. The minimum Gasteiger partial charge on any atom is -0.469 e. The average molecular weight is 511 g/mol. The molecular formula is C31H43FN2O3. The number of nitrogens with zero attached hydrogens (tertiary/aromatic N) is 2. The quantitative estimate of drug-likeness (QED) is 0.438. The minimum atomic E-state index is -0.501. The summed E-state index contributed by atoms with van der Waals surface area (Å²) in [5.74, 6) is 2.47. The van der Waals surface area contributed by atoms with Gasteiger partial charge in [0.15, 0.2) is 5.78 Å². The maximum atomic E-state index is 14.2. The Labute approximate surface area is 220 Å². The fraction of sp³-hybridized carbons (Fsp3) is 0.710. The zero-order valence-corrected chi connectivity index (χ0v) is 22.7. The molecule has 2 aromatic rings. The number of aromatic nitrogens is 2. The number of carbonyl (C=O) groups is 1. The van der Waals surface area contributed by atoms with Crippen LogP contribution in [0.15, 0.2) is 24.5 Å². The van der Waals surface area contributed by atoms with Gasteiger partial charge in [-0.1, -0.05) is 45.6 Å². The molecule has 0 radical (unpaired) electrons. The first-order valence-electron chi connectivity index (χ1n) is 14.4. The van der Waals surface area contributed by atoms with E-state index >= 15 is 0 Å². The first-order chi connectivity index (χ1) is 17.7. The highest BCUT2D eigenvalue weighted by molar-refractivity contribution is 5.86. The van der Waals surface area contributed by atoms with Crippen LogP contribution in [0.5, 0.6) is 5.88 Å². The van der Waals surface area contributed by atoms with E-state index in [2.05, 4.69) is 23.8 Å². The molecule has 1 aromatic heterocycles. The molecule has 1 N–H and O–H groups in total. The van der Waals surface area contributed by atoms with Gasteiger partial charge in [0.1, 0.15) is 24.3 Å². The standard InChI is InChI=1S/C31H43FN2O3/c1-20-14-16-31(3)24(22(20)13-12-21-7-6-15-30(2,36)17-21)9-5-10-25(31)27(35)18-37-29-23-8-4-11-26(32)28(23)33-19-34-29/h4,8,11,19-22,24-25,36H,5-7,9-10,12-18H2,1-3H3/t20-,21+,22+,24-,25+,30+,31-/m0/s1. The zero-order chi connectivity index (χ0) is 26.2. The van der Waals surface area contributed by atoms with Crippen LogP contribution in [0, 0.1) is 40.8 Å². The van der Waals surface area contributed by atoms with Gasteiger partial charge in [0, 0.05) is 5.92 Å². The van der Waals surface area contributed by atoms with Crippen LogP contribution in [0.25, 0.3) is 10.9 Å². The lowest BCUT2D eigenvalue weighted by atomic mass is 9.49. The van der Waals surface area contributed by atoms with Crippen LogP contribution in [0.2, 0.25) is 0 Å². The number of aliphatic hydroxyl groups is 1. The summed E-state index contributed by atoms with van der Waals surface area (Å²) in [5.41, 5.74) is -0.291. The molecule has 7 atom stereocenters. The Bertz CT molecular complexity index is 1120. The molecule has 6 heteroatoms. The number of ether oxygens (including phenoxy) is 1. The highest BCUT2D eigenvalue weighted by Crippen LogP contribution is 2.58. The summed E-state index contributed by atoms with van der Waals surface area (Å²) in [4.78, 5) is 21.9. The van der Waals surface area contributed by atoms with Crippen LogP contribution in [-0.2, 0) is 4.79 Å². The number of ketones is 1. The second-order valence-electron chi connectivity index (χ2n) is 12.9. The Morgan fingerprint density at radius 3 is 2.76 bits per heavy atom. The second kappa shape index (κ2) is 10.6. The van der Waals surface area contributed by atoms with Gasteiger partial charge in [-0.05, 0) is 93.1 Å². The Hall–Kier alpha value is -2.08. The van der Waals surface area contributed by atoms with Crippen LogP contribution >= 0.6 is 0 Å². The van der Waals surface area contributed by atoms with Crippen molar-refractivity contribution in [3.8, 4) is 5.88 Å². The highest BCUT2D eigenvalue weighted by Gasteiger charge is 2.52. The van der Waals surface area contributed by atoms with E-state index in [4.69, 9.17) is 4.74 Å². The van der Waals surface area contributed by atoms with E-state index in [0.717, 1.165) is 38.5 Å². The van der Waals surface area contributed by atoms with Crippen LogP contribution in [0.3, 0.4) is 0 Å². The number of Topliss-reactive ketones (excluding diaryl/α,β-unsaturated/α-hetero) is 1. The van der Waals surface area contributed by atoms with Crippen LogP contribution in [0.4, 0.5) is 4.39 Å². The normalized spacial score (nSPS) is 36.2. The summed E-state index contributed by atoms with van der Waals surface area (Å²) in [6.07, 6.45) is 13.4. The van der Waals surface area contributed by atoms with Gasteiger partial charge in [-0.2, -0.15) is 0 Å². The third-order valence-electron chi connectivity index (χ3n) is 10.3. The number of halogens is 1. The van der Waals surface area contributed by atoms with Gasteiger partial charge in [-0.15, -0.1) is 0 Å². The van der Waals surface area contributed by atoms with Crippen molar-refractivity contribution in [2.75, 3.05) is 6.61 Å². The molecule has 0 amide bonds. The maximum absolute atomic E-state index is 14.2. The van der Waals surface area contributed by atoms with Crippen molar-refractivity contribution >= 4 is 16.7 Å². The molecule has 0 spiro atoms. The number of para-hydroxylation sites is 1. The molecule has 3 aliphatic carbocycles. The number of hydrogen-bond donors (Lipinski definition) is 1. The monoisotopic (exact) mass is 510 g/mol. The van der Waals surface area contributed by atoms with Gasteiger partial charge < -0.3 is 9.84 Å². The SMILES string of the molecule is C[C@H]1CC[C@]2(C)[C@@H](C(=O)COc3ncnc4c(F)cccc34)CCC[C@H]2[C@@H]1CC[C@H]1CCC[C@@](C)(O)C1. The molecular weight excluding hydrogens is 467 g/mol. The Balaban J connectivity index is 1.27. The first kappa shape index (κ1) is 26.5. The predicted molar refractivity (Wildman–Crippen MR) is 143 cm³/mol. The van der Waals surface area contributed by atoms with Crippen molar-refractivity contribution < 1.29 is 19.0 Å². The summed E-state index contributed by atoms with van der Waals surface area (Å²) in [7, 11) is 0. The van der Waals surface area contributed by atoms with Crippen molar-refractivity contribution in [2.24, 2.45) is 35.0 Å². The van der Waals surface area contributed by atoms with Crippen molar-refractivity contribution in [3.63, 3.8) is 0 Å². The van der Waals surface area contributed by atoms with E-state index in [0.29, 0.717) is 29.1 Å². The Kier molecular flexibility index (Phi) is 7.59. The molecule has 0 aliphatic heterocycles. The molecule has 0 saturated heterocycles. The second-order valence-corrected chi connectivity index (χ2v) is 12.9. The molecule has 3 fully saturated rings. The lowest BCUT2D eigenvalue weighted by Crippen LogP contribution is -2.51. The summed E-state index contributed by atoms with van der Waals surface area (Å²) >= 11 is 0. The van der Waals surface area contributed by atoms with Gasteiger partial charge in [0.05, 0.1) is 11.0 Å². The van der Waals surface area contributed by atoms with Crippen LogP contribution in [-0.4, -0.2) is 33.1 Å². The van der Waals surface area contributed by atoms with E-state index in [1.165, 1.54) is 44.5 Å². The largest absolute Gasteiger partial charge is 0.469 e. The Morgan fingerprint density at radius 2 is 1.95 bits per heavy atom. The fourth-order valence-corrected chi connectivity index (χ4v) is 8.34. The lowest BCUT2D eigenvalue weighted by molar-refractivity contribution is -0.139. The molecule has 0 unspecified atom stereocenters. The molecule has 37 heavy (non-hydrogen) atoms. The highest BCUT2D eigenvalue weighted by atomic mass is 19.1. The lowest BCUT2D eigenvalue weighted by Gasteiger charge is -2.55. The van der Waals surface area contributed by atoms with Gasteiger partial charge in [0.2, 0.25) is 5.88 Å². The van der Waals surface area contributed by atoms with Gasteiger partial charge in [-0.3, -0.25) is 4.79 Å². The topological polar surface area (TPSA) is 72.3 Å². The summed E-state index contributed by atoms with van der Waals surface area (Å²) in [6.45, 7) is 6.74. The van der Waals surface area contributed by atoms with Gasteiger partial charge in [-0.25, -0.2) is 14.4 Å². The van der Waals surface area contributed by atoms with E-state index < -0.39 is 11.4 Å². The van der Waals surface area contributed by atoms with E-state index in [1.807, 2.05) is 6.92 Å². The minimum absolute atomic E-state index is 0.00617. The number of hydrogen-bond acceptors (Lipinski definition) is 5. The predicted octanol–water partition coefficient (Wildman–Crippen LogP) is 6.91. The van der Waals surface area contributed by atoms with Gasteiger partial charge in [0.25, 0.3) is 0 Å². The van der Waals surface area contributed by atoms with Crippen LogP contribution in [0.1, 0.15) is 91.4 Å². The molecule has 1 aromatic carbocycles. The molecule has 1 heterocycles. The third-order valence-corrected chi connectivity index (χ3v) is 10.3. The summed E-state index contributed by atoms with van der Waals surface area (Å²) < 4.78 is 20.1. The van der Waals surface area contributed by atoms with E-state index in [1.54, 1.807) is 12.1 Å². The summed E-state index contributed by atoms with van der Waals surface area (Å²) in [5, 5.41) is 11.1. The molecule has 3 aliphatic rings. The number of rotatable bonds is 7. The molecule has 5 nitrogen and oxygen atoms in total. The van der Waals surface area contributed by atoms with Crippen LogP contribution < -0.4 is 4.74 Å². The average Bonchev–Trinajstić information content (AvgIpc) is 2.86. The number of benzene rings is 1. The molecule has 202 valence electrons. The molecule has 0 bridgehead atoms. The van der Waals surface area contributed by atoms with Crippen molar-refractivity contribution in [3.05, 3.63) is 30.3 Å². The summed E-state index contributed by atoms with van der Waals surface area (Å²) in [6, 6.07) is 4.71. The third kappa shape index (κ3) is 5.41. The smallest absolute Gasteiger partial charge is 0.224 e. The van der Waals surface area contributed by atoms with Crippen molar-refractivity contribution in [1.29, 1.82) is 0 Å². The van der Waals surface area contributed by atoms with Crippen molar-refractivity contribution in [2.45, 2.75) is 97.0 Å². The number of carbonyl (C=O) groups excluding carboxylic acids is 1. The maximum Gasteiger partial charge on any atom is 0.224 e. The molecule has 5 rings (SSSR count). The Morgan fingerprint density at radius 1 is 1.11 bits per heavy atom. The number of fused-ring (bicyclic) bond motifs is 2.